The minimum atomic E-state index is -0.365. The average Bonchev–Trinajstić information content (AvgIpc) is 2.29. The van der Waals surface area contributed by atoms with Gasteiger partial charge >= 0.3 is 0 Å². The monoisotopic (exact) mass is 359 g/mol. The second-order valence-electron chi connectivity index (χ2n) is 3.39. The smallest absolute Gasteiger partial charge is 0.219 e. The number of pyridine rings is 1. The summed E-state index contributed by atoms with van der Waals surface area (Å²) in [7, 11) is 0. The van der Waals surface area contributed by atoms with Crippen molar-refractivity contribution in [1.29, 1.82) is 0 Å². The first kappa shape index (κ1) is 12.5. The van der Waals surface area contributed by atoms with Crippen LogP contribution in [0, 0.1) is 12.7 Å². The normalized spacial score (nSPS) is 10.4. The molecule has 1 heterocycles. The van der Waals surface area contributed by atoms with Gasteiger partial charge < -0.3 is 4.74 Å². The lowest BCUT2D eigenvalue weighted by molar-refractivity contribution is 0.456. The molecule has 1 aromatic heterocycles. The highest BCUT2D eigenvalue weighted by atomic mass is 79.9. The fraction of sp³-hybridized carbons (Fsp3) is 0.0833. The Morgan fingerprint density at radius 1 is 1.12 bits per heavy atom. The van der Waals surface area contributed by atoms with E-state index in [1.165, 1.54) is 6.07 Å². The van der Waals surface area contributed by atoms with Gasteiger partial charge in [0.2, 0.25) is 5.88 Å². The zero-order valence-electron chi connectivity index (χ0n) is 8.88. The van der Waals surface area contributed by atoms with Gasteiger partial charge in [0.25, 0.3) is 0 Å². The zero-order valence-corrected chi connectivity index (χ0v) is 12.0. The first-order valence-electron chi connectivity index (χ1n) is 4.82. The summed E-state index contributed by atoms with van der Waals surface area (Å²) < 4.78 is 20.0. The average molecular weight is 361 g/mol. The van der Waals surface area contributed by atoms with Crippen LogP contribution in [0.5, 0.6) is 11.6 Å². The Morgan fingerprint density at radius 3 is 2.47 bits per heavy atom. The molecule has 0 aliphatic heterocycles. The molecular formula is C12H8Br2FNO. The van der Waals surface area contributed by atoms with E-state index in [0.29, 0.717) is 16.1 Å². The van der Waals surface area contributed by atoms with E-state index in [2.05, 4.69) is 36.8 Å². The number of rotatable bonds is 2. The maximum absolute atomic E-state index is 13.3. The lowest BCUT2D eigenvalue weighted by atomic mass is 10.3. The van der Waals surface area contributed by atoms with Crippen LogP contribution in [-0.2, 0) is 0 Å². The molecule has 0 N–H and O–H groups in total. The second kappa shape index (κ2) is 5.14. The number of aryl methyl sites for hydroxylation is 1. The summed E-state index contributed by atoms with van der Waals surface area (Å²) >= 11 is 6.44. The van der Waals surface area contributed by atoms with Crippen molar-refractivity contribution in [2.45, 2.75) is 6.92 Å². The third-order valence-corrected chi connectivity index (χ3v) is 3.59. The van der Waals surface area contributed by atoms with E-state index in [1.807, 2.05) is 13.0 Å². The van der Waals surface area contributed by atoms with E-state index >= 15 is 0 Å². The third-order valence-electron chi connectivity index (χ3n) is 2.11. The van der Waals surface area contributed by atoms with Crippen LogP contribution in [0.25, 0.3) is 0 Å². The van der Waals surface area contributed by atoms with Crippen molar-refractivity contribution in [3.8, 4) is 11.6 Å². The first-order chi connectivity index (χ1) is 8.06. The molecule has 0 spiro atoms. The number of halogens is 3. The largest absolute Gasteiger partial charge is 0.439 e. The van der Waals surface area contributed by atoms with Crippen LogP contribution >= 0.6 is 31.9 Å². The fourth-order valence-electron chi connectivity index (χ4n) is 1.24. The van der Waals surface area contributed by atoms with E-state index in [1.54, 1.807) is 18.2 Å². The molecule has 17 heavy (non-hydrogen) atoms. The van der Waals surface area contributed by atoms with Crippen LogP contribution in [0.3, 0.4) is 0 Å². The highest BCUT2D eigenvalue weighted by Crippen LogP contribution is 2.26. The van der Waals surface area contributed by atoms with E-state index in [4.69, 9.17) is 4.74 Å². The van der Waals surface area contributed by atoms with Crippen LogP contribution in [-0.4, -0.2) is 4.98 Å². The quantitative estimate of drug-likeness (QED) is 0.763. The number of nitrogens with zero attached hydrogens (tertiary/aromatic N) is 1. The summed E-state index contributed by atoms with van der Waals surface area (Å²) in [5.74, 6) is 0.490. The summed E-state index contributed by atoms with van der Waals surface area (Å²) in [4.78, 5) is 4.22. The summed E-state index contributed by atoms with van der Waals surface area (Å²) in [6, 6.07) is 8.13. The van der Waals surface area contributed by atoms with Crippen molar-refractivity contribution in [3.05, 3.63) is 50.8 Å². The van der Waals surface area contributed by atoms with Gasteiger partial charge in [-0.15, -0.1) is 0 Å². The Labute approximate surface area is 115 Å². The van der Waals surface area contributed by atoms with Gasteiger partial charge in [-0.3, -0.25) is 0 Å². The minimum absolute atomic E-state index is 0.365. The highest BCUT2D eigenvalue weighted by molar-refractivity contribution is 9.10. The van der Waals surface area contributed by atoms with Crippen LogP contribution in [0.15, 0.2) is 39.3 Å². The van der Waals surface area contributed by atoms with Crippen molar-refractivity contribution in [2.24, 2.45) is 0 Å². The maximum Gasteiger partial charge on any atom is 0.219 e. The number of ether oxygens (including phenoxy) is 1. The minimum Gasteiger partial charge on any atom is -0.439 e. The number of hydrogen-bond acceptors (Lipinski definition) is 2. The van der Waals surface area contributed by atoms with Crippen LogP contribution in [0.1, 0.15) is 5.69 Å². The van der Waals surface area contributed by atoms with Gasteiger partial charge in [0.05, 0.1) is 10.2 Å². The molecule has 2 rings (SSSR count). The van der Waals surface area contributed by atoms with E-state index in [9.17, 15) is 4.39 Å². The van der Waals surface area contributed by atoms with E-state index in [0.717, 1.165) is 10.2 Å². The van der Waals surface area contributed by atoms with Crippen molar-refractivity contribution >= 4 is 31.9 Å². The molecule has 0 fully saturated rings. The van der Waals surface area contributed by atoms with Crippen LogP contribution in [0.2, 0.25) is 0 Å². The summed E-state index contributed by atoms with van der Waals surface area (Å²) in [6.07, 6.45) is 0. The Kier molecular flexibility index (Phi) is 3.79. The SMILES string of the molecule is Cc1nc(Oc2ccc(Br)c(F)c2)ccc1Br. The van der Waals surface area contributed by atoms with Crippen molar-refractivity contribution in [3.63, 3.8) is 0 Å². The molecule has 0 saturated carbocycles. The predicted octanol–water partition coefficient (Wildman–Crippen LogP) is 4.85. The molecule has 0 bridgehead atoms. The summed E-state index contributed by atoms with van der Waals surface area (Å²) in [6.45, 7) is 1.86. The van der Waals surface area contributed by atoms with Gasteiger partial charge in [-0.1, -0.05) is 0 Å². The van der Waals surface area contributed by atoms with Gasteiger partial charge in [0, 0.05) is 16.6 Å². The molecule has 0 aliphatic rings. The zero-order chi connectivity index (χ0) is 12.4. The van der Waals surface area contributed by atoms with Crippen molar-refractivity contribution in [1.82, 2.24) is 4.98 Å². The van der Waals surface area contributed by atoms with Gasteiger partial charge in [-0.2, -0.15) is 0 Å². The highest BCUT2D eigenvalue weighted by Gasteiger charge is 2.04. The second-order valence-corrected chi connectivity index (χ2v) is 5.10. The molecular weight excluding hydrogens is 353 g/mol. The van der Waals surface area contributed by atoms with Gasteiger partial charge in [0.15, 0.2) is 0 Å². The lowest BCUT2D eigenvalue weighted by Gasteiger charge is -2.06. The summed E-state index contributed by atoms with van der Waals surface area (Å²) in [5.41, 5.74) is 0.820. The molecule has 0 amide bonds. The van der Waals surface area contributed by atoms with Crippen LogP contribution in [0.4, 0.5) is 4.39 Å². The van der Waals surface area contributed by atoms with Crippen molar-refractivity contribution < 1.29 is 9.13 Å². The molecule has 0 atom stereocenters. The number of hydrogen-bond donors (Lipinski definition) is 0. The van der Waals surface area contributed by atoms with Crippen LogP contribution < -0.4 is 4.74 Å². The lowest BCUT2D eigenvalue weighted by Crippen LogP contribution is -1.91. The number of benzene rings is 1. The molecule has 0 saturated heterocycles. The first-order valence-corrected chi connectivity index (χ1v) is 6.41. The van der Waals surface area contributed by atoms with Gasteiger partial charge in [-0.05, 0) is 57.0 Å². The topological polar surface area (TPSA) is 22.1 Å². The molecule has 5 heteroatoms. The third kappa shape index (κ3) is 3.04. The molecule has 88 valence electrons. The van der Waals surface area contributed by atoms with E-state index in [-0.39, 0.29) is 5.82 Å². The van der Waals surface area contributed by atoms with E-state index < -0.39 is 0 Å². The standard InChI is InChI=1S/C12H8Br2FNO/c1-7-9(13)4-5-12(16-7)17-8-2-3-10(14)11(15)6-8/h2-6H,1H3. The van der Waals surface area contributed by atoms with Gasteiger partial charge in [0.1, 0.15) is 11.6 Å². The molecule has 2 aromatic rings. The maximum atomic E-state index is 13.3. The Hall–Kier alpha value is -0.940. The molecule has 0 radical (unpaired) electrons. The fourth-order valence-corrected chi connectivity index (χ4v) is 1.71. The molecule has 1 aromatic carbocycles. The van der Waals surface area contributed by atoms with Crippen molar-refractivity contribution in [2.75, 3.05) is 0 Å². The molecule has 0 aliphatic carbocycles. The Bertz CT molecular complexity index is 511. The number of aromatic nitrogens is 1. The molecule has 2 nitrogen and oxygen atoms in total. The predicted molar refractivity (Wildman–Crippen MR) is 70.8 cm³/mol. The Morgan fingerprint density at radius 2 is 1.82 bits per heavy atom. The summed E-state index contributed by atoms with van der Waals surface area (Å²) in [5, 5.41) is 0. The molecule has 0 unspecified atom stereocenters. The Balaban J connectivity index is 2.25. The van der Waals surface area contributed by atoms with Gasteiger partial charge in [-0.25, -0.2) is 9.37 Å².